The highest BCUT2D eigenvalue weighted by molar-refractivity contribution is 6.35. The quantitative estimate of drug-likeness (QED) is 0.473. The molecule has 0 atom stereocenters. The van der Waals surface area contributed by atoms with E-state index in [0.29, 0.717) is 28.2 Å². The van der Waals surface area contributed by atoms with Gasteiger partial charge in [0.2, 0.25) is 0 Å². The summed E-state index contributed by atoms with van der Waals surface area (Å²) < 4.78 is 30.5. The highest BCUT2D eigenvalue weighted by Gasteiger charge is 2.20. The summed E-state index contributed by atoms with van der Waals surface area (Å²) in [7, 11) is 1.64. The van der Waals surface area contributed by atoms with Gasteiger partial charge in [-0.05, 0) is 26.0 Å². The van der Waals surface area contributed by atoms with Crippen molar-refractivity contribution in [3.63, 3.8) is 0 Å². The number of anilines is 2. The van der Waals surface area contributed by atoms with Crippen molar-refractivity contribution < 1.29 is 8.78 Å². The number of hydrogen-bond acceptors (Lipinski definition) is 5. The Morgan fingerprint density at radius 2 is 1.77 bits per heavy atom. The van der Waals surface area contributed by atoms with Crippen LogP contribution in [0, 0.1) is 25.5 Å². The molecule has 4 aromatic rings. The van der Waals surface area contributed by atoms with Crippen LogP contribution in [-0.4, -0.2) is 29.5 Å². The Bertz CT molecular complexity index is 1270. The van der Waals surface area contributed by atoms with Crippen molar-refractivity contribution in [2.75, 3.05) is 5.32 Å². The molecular weight excluding hydrogens is 435 g/mol. The highest BCUT2D eigenvalue weighted by atomic mass is 35.5. The van der Waals surface area contributed by atoms with Crippen molar-refractivity contribution >= 4 is 34.8 Å². The minimum atomic E-state index is -0.757. The molecule has 1 aromatic carbocycles. The van der Waals surface area contributed by atoms with Gasteiger partial charge in [0.05, 0.1) is 16.4 Å². The van der Waals surface area contributed by atoms with Gasteiger partial charge in [-0.3, -0.25) is 4.68 Å². The molecule has 0 aliphatic heterocycles. The van der Waals surface area contributed by atoms with Crippen molar-refractivity contribution in [1.29, 1.82) is 0 Å². The summed E-state index contributed by atoms with van der Waals surface area (Å²) in [4.78, 5) is 8.43. The molecule has 0 spiro atoms. The maximum Gasteiger partial charge on any atom is 0.159 e. The number of rotatable bonds is 4. The van der Waals surface area contributed by atoms with Crippen LogP contribution in [0.3, 0.4) is 0 Å². The number of benzene rings is 1. The van der Waals surface area contributed by atoms with Crippen molar-refractivity contribution in [2.24, 2.45) is 7.05 Å². The first-order chi connectivity index (χ1) is 14.3. The second kappa shape index (κ2) is 7.66. The molecular formula is C19H15Cl2F2N7. The van der Waals surface area contributed by atoms with Crippen LogP contribution in [0.5, 0.6) is 0 Å². The lowest BCUT2D eigenvalue weighted by atomic mass is 10.1. The lowest BCUT2D eigenvalue weighted by Gasteiger charge is -2.08. The largest absolute Gasteiger partial charge is 0.324 e. The van der Waals surface area contributed by atoms with Crippen molar-refractivity contribution in [2.45, 2.75) is 13.8 Å². The summed E-state index contributed by atoms with van der Waals surface area (Å²) in [6, 6.07) is 4.88. The molecule has 4 rings (SSSR count). The van der Waals surface area contributed by atoms with E-state index in [0.717, 1.165) is 17.8 Å². The molecule has 0 saturated carbocycles. The number of nitrogens with zero attached hydrogens (tertiary/aromatic N) is 6. The molecule has 0 unspecified atom stereocenters. The van der Waals surface area contributed by atoms with E-state index in [1.165, 1.54) is 17.1 Å². The molecule has 1 N–H and O–H groups in total. The van der Waals surface area contributed by atoms with Gasteiger partial charge in [0, 0.05) is 24.7 Å². The monoisotopic (exact) mass is 449 g/mol. The molecule has 7 nitrogen and oxygen atoms in total. The number of halogens is 4. The molecule has 30 heavy (non-hydrogen) atoms. The standard InChI is InChI=1S/C19H15Cl2F2N7/c1-9-16(20)10(2)30(27-9)15-7-14(24-8-25-15)26-19-17(21)18(28-29(19)3)12-5-4-11(22)6-13(12)23/h4-8H,1-3H3,(H,24,25,26). The molecule has 154 valence electrons. The van der Waals surface area contributed by atoms with Crippen molar-refractivity contribution in [3.05, 3.63) is 63.7 Å². The molecule has 0 bridgehead atoms. The van der Waals surface area contributed by atoms with Gasteiger partial charge in [-0.2, -0.15) is 10.2 Å². The number of aromatic nitrogens is 6. The Balaban J connectivity index is 1.70. The lowest BCUT2D eigenvalue weighted by molar-refractivity contribution is 0.585. The summed E-state index contributed by atoms with van der Waals surface area (Å²) in [5, 5.41) is 12.4. The van der Waals surface area contributed by atoms with Gasteiger partial charge in [-0.1, -0.05) is 23.2 Å². The summed E-state index contributed by atoms with van der Waals surface area (Å²) in [6.07, 6.45) is 1.37. The van der Waals surface area contributed by atoms with Crippen LogP contribution in [0.15, 0.2) is 30.6 Å². The van der Waals surface area contributed by atoms with Crippen LogP contribution in [0.4, 0.5) is 20.4 Å². The summed E-state index contributed by atoms with van der Waals surface area (Å²) in [6.45, 7) is 3.64. The van der Waals surface area contributed by atoms with Crippen LogP contribution < -0.4 is 5.32 Å². The van der Waals surface area contributed by atoms with E-state index in [2.05, 4.69) is 25.5 Å². The van der Waals surface area contributed by atoms with E-state index in [4.69, 9.17) is 23.2 Å². The van der Waals surface area contributed by atoms with E-state index < -0.39 is 11.6 Å². The summed E-state index contributed by atoms with van der Waals surface area (Å²) in [5.74, 6) is -0.138. The van der Waals surface area contributed by atoms with Crippen LogP contribution in [-0.2, 0) is 7.05 Å². The zero-order chi connectivity index (χ0) is 21.6. The fourth-order valence-corrected chi connectivity index (χ4v) is 3.41. The van der Waals surface area contributed by atoms with Crippen molar-refractivity contribution in [1.82, 2.24) is 29.5 Å². The molecule has 0 fully saturated rings. The number of aryl methyl sites for hydroxylation is 2. The first-order valence-electron chi connectivity index (χ1n) is 8.75. The van der Waals surface area contributed by atoms with Gasteiger partial charge in [0.25, 0.3) is 0 Å². The van der Waals surface area contributed by atoms with Gasteiger partial charge in [-0.15, -0.1) is 0 Å². The third kappa shape index (κ3) is 3.50. The van der Waals surface area contributed by atoms with E-state index in [1.54, 1.807) is 24.7 Å². The van der Waals surface area contributed by atoms with E-state index in [9.17, 15) is 8.78 Å². The van der Waals surface area contributed by atoms with Crippen LogP contribution >= 0.6 is 23.2 Å². The van der Waals surface area contributed by atoms with E-state index >= 15 is 0 Å². The highest BCUT2D eigenvalue weighted by Crippen LogP contribution is 2.35. The molecule has 0 radical (unpaired) electrons. The first kappa shape index (κ1) is 20.2. The molecule has 0 aliphatic carbocycles. The Hall–Kier alpha value is -3.04. The summed E-state index contributed by atoms with van der Waals surface area (Å²) >= 11 is 12.7. The van der Waals surface area contributed by atoms with E-state index in [-0.39, 0.29) is 16.3 Å². The lowest BCUT2D eigenvalue weighted by Crippen LogP contribution is -2.06. The van der Waals surface area contributed by atoms with Gasteiger partial charge in [0.15, 0.2) is 5.82 Å². The zero-order valence-corrected chi connectivity index (χ0v) is 17.6. The maximum atomic E-state index is 14.2. The number of nitrogens with one attached hydrogen (secondary N) is 1. The molecule has 0 amide bonds. The molecule has 3 heterocycles. The fraction of sp³-hybridized carbons (Fsp3) is 0.158. The second-order valence-electron chi connectivity index (χ2n) is 6.54. The van der Waals surface area contributed by atoms with Crippen LogP contribution in [0.2, 0.25) is 10.0 Å². The van der Waals surface area contributed by atoms with Gasteiger partial charge < -0.3 is 5.32 Å². The minimum absolute atomic E-state index is 0.0886. The molecule has 3 aromatic heterocycles. The maximum absolute atomic E-state index is 14.2. The van der Waals surface area contributed by atoms with E-state index in [1.807, 2.05) is 6.92 Å². The Morgan fingerprint density at radius 3 is 2.43 bits per heavy atom. The third-order valence-corrected chi connectivity index (χ3v) is 5.40. The predicted molar refractivity (Wildman–Crippen MR) is 110 cm³/mol. The molecule has 0 saturated heterocycles. The van der Waals surface area contributed by atoms with Crippen LogP contribution in [0.25, 0.3) is 17.1 Å². The third-order valence-electron chi connectivity index (χ3n) is 4.49. The Morgan fingerprint density at radius 1 is 1.00 bits per heavy atom. The fourth-order valence-electron chi connectivity index (χ4n) is 2.99. The zero-order valence-electron chi connectivity index (χ0n) is 16.1. The predicted octanol–water partition coefficient (Wildman–Crippen LogP) is 5.01. The topological polar surface area (TPSA) is 73.5 Å². The SMILES string of the molecule is Cc1nn(-c2cc(Nc3c(Cl)c(-c4ccc(F)cc4F)nn3C)ncn2)c(C)c1Cl. The van der Waals surface area contributed by atoms with Gasteiger partial charge in [-0.25, -0.2) is 23.4 Å². The molecule has 0 aliphatic rings. The van der Waals surface area contributed by atoms with Gasteiger partial charge >= 0.3 is 0 Å². The molecule has 11 heteroatoms. The normalized spacial score (nSPS) is 11.2. The summed E-state index contributed by atoms with van der Waals surface area (Å²) in [5.41, 5.74) is 1.69. The minimum Gasteiger partial charge on any atom is -0.324 e. The second-order valence-corrected chi connectivity index (χ2v) is 7.30. The smallest absolute Gasteiger partial charge is 0.159 e. The Labute approximate surface area is 180 Å². The average molecular weight is 450 g/mol. The van der Waals surface area contributed by atoms with Crippen LogP contribution in [0.1, 0.15) is 11.4 Å². The Kier molecular flexibility index (Phi) is 5.17. The van der Waals surface area contributed by atoms with Crippen molar-refractivity contribution in [3.8, 4) is 17.1 Å². The number of hydrogen-bond donors (Lipinski definition) is 1. The first-order valence-corrected chi connectivity index (χ1v) is 9.51. The average Bonchev–Trinajstić information content (AvgIpc) is 3.13. The van der Waals surface area contributed by atoms with Gasteiger partial charge in [0.1, 0.15) is 40.3 Å².